The maximum Gasteiger partial charge on any atom is 0.139 e. The monoisotopic (exact) mass is 459 g/mol. The van der Waals surface area contributed by atoms with Gasteiger partial charge in [0.2, 0.25) is 0 Å². The first-order chi connectivity index (χ1) is 16.7. The number of hydrogen-bond donors (Lipinski definition) is 0. The Bertz CT molecular complexity index is 1050. The van der Waals surface area contributed by atoms with E-state index in [0.29, 0.717) is 24.5 Å². The molecule has 0 N–H and O–H groups in total. The van der Waals surface area contributed by atoms with Gasteiger partial charge in [-0.15, -0.1) is 0 Å². The Balaban J connectivity index is 1.17. The highest BCUT2D eigenvalue weighted by atomic mass is 16.5. The first kappa shape index (κ1) is 22.0. The molecular weight excluding hydrogens is 422 g/mol. The Morgan fingerprint density at radius 1 is 1.15 bits per heavy atom. The molecule has 0 spiro atoms. The highest BCUT2D eigenvalue weighted by molar-refractivity contribution is 5.81. The predicted octanol–water partition coefficient (Wildman–Crippen LogP) is 4.42. The fourth-order valence-corrected chi connectivity index (χ4v) is 6.75. The Kier molecular flexibility index (Phi) is 5.98. The molecule has 5 nitrogen and oxygen atoms in total. The van der Waals surface area contributed by atoms with Gasteiger partial charge < -0.3 is 24.2 Å². The van der Waals surface area contributed by atoms with E-state index in [1.807, 2.05) is 0 Å². The smallest absolute Gasteiger partial charge is 0.139 e. The van der Waals surface area contributed by atoms with E-state index >= 15 is 0 Å². The molecule has 0 bridgehead atoms. The minimum absolute atomic E-state index is 0.443. The minimum atomic E-state index is 0.443. The van der Waals surface area contributed by atoms with Crippen molar-refractivity contribution in [2.24, 2.45) is 0 Å². The number of para-hydroxylation sites is 2. The van der Waals surface area contributed by atoms with E-state index in [0.717, 1.165) is 64.0 Å². The predicted molar refractivity (Wildman–Crippen MR) is 137 cm³/mol. The average Bonchev–Trinajstić information content (AvgIpc) is 3.42. The standard InChI is InChI=1S/C29H37N3O2/c1-30(23-9-3-10-23)27-12-4-11-24-25-20-31(16-13-26(25)32(17-18-33)28(24)27)15-5-8-21-6-2-7-22-14-19-34-29(21)22/h2,4,6-7,11-12,18,23,25-26H,3,5,8-10,13-17,19-20H2,1H3. The van der Waals surface area contributed by atoms with E-state index in [1.165, 1.54) is 47.3 Å². The van der Waals surface area contributed by atoms with E-state index < -0.39 is 0 Å². The van der Waals surface area contributed by atoms with Crippen LogP contribution in [-0.2, 0) is 17.6 Å². The molecule has 2 aromatic carbocycles. The van der Waals surface area contributed by atoms with Crippen molar-refractivity contribution in [3.05, 3.63) is 53.1 Å². The van der Waals surface area contributed by atoms with Crippen molar-refractivity contribution in [1.82, 2.24) is 4.90 Å². The number of rotatable bonds is 8. The molecule has 1 saturated carbocycles. The average molecular weight is 460 g/mol. The second-order valence-electron chi connectivity index (χ2n) is 10.6. The molecule has 4 aliphatic rings. The summed E-state index contributed by atoms with van der Waals surface area (Å²) in [5.41, 5.74) is 6.85. The maximum atomic E-state index is 11.7. The Morgan fingerprint density at radius 3 is 2.85 bits per heavy atom. The van der Waals surface area contributed by atoms with Gasteiger partial charge in [0, 0.05) is 44.6 Å². The minimum Gasteiger partial charge on any atom is -0.493 e. The number of fused-ring (bicyclic) bond motifs is 4. The quantitative estimate of drug-likeness (QED) is 0.546. The summed E-state index contributed by atoms with van der Waals surface area (Å²) in [6.07, 6.45) is 9.41. The van der Waals surface area contributed by atoms with Crippen molar-refractivity contribution < 1.29 is 9.53 Å². The van der Waals surface area contributed by atoms with Crippen molar-refractivity contribution in [2.45, 2.75) is 62.9 Å². The molecule has 1 saturated heterocycles. The SMILES string of the molecule is CN(c1cccc2c1N(CC=O)C1CCN(CCCc3cccc4c3OCC4)CC21)C1CCC1. The normalized spacial score (nSPS) is 23.6. The van der Waals surface area contributed by atoms with Crippen LogP contribution in [0, 0.1) is 0 Å². The summed E-state index contributed by atoms with van der Waals surface area (Å²) in [5.74, 6) is 1.64. The number of hydrogen-bond acceptors (Lipinski definition) is 5. The van der Waals surface area contributed by atoms with Crippen LogP contribution in [0.2, 0.25) is 0 Å². The summed E-state index contributed by atoms with van der Waals surface area (Å²) < 4.78 is 5.91. The van der Waals surface area contributed by atoms with Crippen molar-refractivity contribution >= 4 is 17.7 Å². The van der Waals surface area contributed by atoms with Gasteiger partial charge >= 0.3 is 0 Å². The lowest BCUT2D eigenvalue weighted by Gasteiger charge is -2.40. The molecule has 2 fully saturated rings. The van der Waals surface area contributed by atoms with Crippen LogP contribution < -0.4 is 14.5 Å². The summed E-state index contributed by atoms with van der Waals surface area (Å²) in [4.78, 5) is 19.2. The molecule has 180 valence electrons. The van der Waals surface area contributed by atoms with Crippen molar-refractivity contribution in [3.8, 4) is 5.75 Å². The lowest BCUT2D eigenvalue weighted by atomic mass is 9.88. The molecule has 34 heavy (non-hydrogen) atoms. The fourth-order valence-electron chi connectivity index (χ4n) is 6.75. The molecule has 6 rings (SSSR count). The van der Waals surface area contributed by atoms with Crippen LogP contribution in [0.5, 0.6) is 5.75 Å². The number of nitrogens with zero attached hydrogens (tertiary/aromatic N) is 3. The molecule has 3 heterocycles. The number of piperidine rings is 1. The second-order valence-corrected chi connectivity index (χ2v) is 10.6. The molecular formula is C29H37N3O2. The van der Waals surface area contributed by atoms with Gasteiger partial charge in [-0.05, 0) is 67.8 Å². The third-order valence-corrected chi connectivity index (χ3v) is 8.78. The number of anilines is 2. The zero-order chi connectivity index (χ0) is 23.1. The molecule has 2 aromatic rings. The third-order valence-electron chi connectivity index (χ3n) is 8.78. The van der Waals surface area contributed by atoms with Crippen LogP contribution in [0.15, 0.2) is 36.4 Å². The first-order valence-electron chi connectivity index (χ1n) is 13.3. The van der Waals surface area contributed by atoms with Crippen molar-refractivity contribution in [2.75, 3.05) is 49.6 Å². The molecule has 3 aliphatic heterocycles. The Labute approximate surface area is 203 Å². The second kappa shape index (κ2) is 9.26. The number of likely N-dealkylation sites (tertiary alicyclic amines) is 1. The van der Waals surface area contributed by atoms with E-state index in [2.05, 4.69) is 58.1 Å². The van der Waals surface area contributed by atoms with Gasteiger partial charge in [0.05, 0.1) is 24.5 Å². The van der Waals surface area contributed by atoms with E-state index in [9.17, 15) is 4.79 Å². The van der Waals surface area contributed by atoms with Crippen molar-refractivity contribution in [1.29, 1.82) is 0 Å². The number of ether oxygens (including phenoxy) is 1. The molecule has 5 heteroatoms. The number of benzene rings is 2. The molecule has 0 amide bonds. The van der Waals surface area contributed by atoms with E-state index in [4.69, 9.17) is 4.74 Å². The summed E-state index contributed by atoms with van der Waals surface area (Å²) in [6, 6.07) is 14.5. The van der Waals surface area contributed by atoms with Gasteiger partial charge in [-0.3, -0.25) is 0 Å². The first-order valence-corrected chi connectivity index (χ1v) is 13.3. The fraction of sp³-hybridized carbons (Fsp3) is 0.552. The Hall–Kier alpha value is -2.53. The molecule has 1 aliphatic carbocycles. The molecule has 2 atom stereocenters. The van der Waals surface area contributed by atoms with Crippen LogP contribution >= 0.6 is 0 Å². The van der Waals surface area contributed by atoms with Gasteiger partial charge in [0.25, 0.3) is 0 Å². The summed E-state index contributed by atoms with van der Waals surface area (Å²) in [6.45, 7) is 4.66. The van der Waals surface area contributed by atoms with Crippen LogP contribution in [-0.4, -0.2) is 63.1 Å². The highest BCUT2D eigenvalue weighted by Crippen LogP contribution is 2.49. The van der Waals surface area contributed by atoms with Crippen LogP contribution in [0.4, 0.5) is 11.4 Å². The summed E-state index contributed by atoms with van der Waals surface area (Å²) in [5, 5.41) is 0. The largest absolute Gasteiger partial charge is 0.493 e. The summed E-state index contributed by atoms with van der Waals surface area (Å²) in [7, 11) is 2.25. The lowest BCUT2D eigenvalue weighted by Crippen LogP contribution is -2.47. The van der Waals surface area contributed by atoms with Gasteiger partial charge in [-0.1, -0.05) is 30.3 Å². The zero-order valence-corrected chi connectivity index (χ0v) is 20.4. The zero-order valence-electron chi connectivity index (χ0n) is 20.4. The highest BCUT2D eigenvalue weighted by Gasteiger charge is 2.43. The van der Waals surface area contributed by atoms with Crippen LogP contribution in [0.25, 0.3) is 0 Å². The van der Waals surface area contributed by atoms with Crippen LogP contribution in [0.1, 0.15) is 54.7 Å². The summed E-state index contributed by atoms with van der Waals surface area (Å²) >= 11 is 0. The van der Waals surface area contributed by atoms with Gasteiger partial charge in [0.15, 0.2) is 0 Å². The topological polar surface area (TPSA) is 36.0 Å². The van der Waals surface area contributed by atoms with Gasteiger partial charge in [-0.25, -0.2) is 0 Å². The van der Waals surface area contributed by atoms with E-state index in [-0.39, 0.29) is 0 Å². The lowest BCUT2D eigenvalue weighted by molar-refractivity contribution is -0.106. The number of carbonyl (C=O) groups excluding carboxylic acids is 1. The van der Waals surface area contributed by atoms with E-state index in [1.54, 1.807) is 0 Å². The molecule has 0 radical (unpaired) electrons. The Morgan fingerprint density at radius 2 is 2.03 bits per heavy atom. The number of aldehydes is 1. The maximum absolute atomic E-state index is 11.7. The molecule has 2 unspecified atom stereocenters. The van der Waals surface area contributed by atoms with Gasteiger partial charge in [-0.2, -0.15) is 0 Å². The van der Waals surface area contributed by atoms with Gasteiger partial charge in [0.1, 0.15) is 12.0 Å². The molecule has 0 aromatic heterocycles. The van der Waals surface area contributed by atoms with Crippen LogP contribution in [0.3, 0.4) is 0 Å². The number of carbonyl (C=O) groups is 1. The number of aryl methyl sites for hydroxylation is 1. The third kappa shape index (κ3) is 3.78. The van der Waals surface area contributed by atoms with Crippen molar-refractivity contribution in [3.63, 3.8) is 0 Å².